The number of halogens is 2. The summed E-state index contributed by atoms with van der Waals surface area (Å²) in [4.78, 5) is 12.6. The third kappa shape index (κ3) is 2.86. The number of hydrogen-bond acceptors (Lipinski definition) is 3. The first-order chi connectivity index (χ1) is 10.2. The van der Waals surface area contributed by atoms with E-state index in [1.165, 1.54) is 11.5 Å². The van der Waals surface area contributed by atoms with Crippen molar-refractivity contribution in [3.63, 3.8) is 0 Å². The number of carbonyl (C=O) groups is 1. The molecule has 21 heavy (non-hydrogen) atoms. The first kappa shape index (κ1) is 14.3. The van der Waals surface area contributed by atoms with Gasteiger partial charge in [0, 0.05) is 10.6 Å². The van der Waals surface area contributed by atoms with Gasteiger partial charge in [-0.05, 0) is 40.8 Å². The Morgan fingerprint density at radius 3 is 2.24 bits per heavy atom. The molecule has 5 heteroatoms. The zero-order chi connectivity index (χ0) is 14.8. The van der Waals surface area contributed by atoms with Crippen LogP contribution in [0.5, 0.6) is 0 Å². The van der Waals surface area contributed by atoms with Gasteiger partial charge in [0.25, 0.3) is 5.24 Å². The van der Waals surface area contributed by atoms with Crippen LogP contribution in [0.3, 0.4) is 0 Å². The van der Waals surface area contributed by atoms with E-state index in [-0.39, 0.29) is 0 Å². The summed E-state index contributed by atoms with van der Waals surface area (Å²) < 4.78 is 4.41. The largest absolute Gasteiger partial charge is 0.275 e. The van der Waals surface area contributed by atoms with Gasteiger partial charge in [0.1, 0.15) is 0 Å². The number of rotatable bonds is 3. The fraction of sp³-hybridized carbons (Fsp3) is 0. The van der Waals surface area contributed by atoms with Crippen molar-refractivity contribution in [3.05, 3.63) is 65.2 Å². The zero-order valence-electron chi connectivity index (χ0n) is 10.7. The van der Waals surface area contributed by atoms with Gasteiger partial charge in [0.15, 0.2) is 0 Å². The molecule has 0 saturated carbocycles. The molecule has 3 rings (SSSR count). The summed E-state index contributed by atoms with van der Waals surface area (Å²) in [7, 11) is 0. The number of benzene rings is 2. The van der Waals surface area contributed by atoms with Crippen molar-refractivity contribution < 1.29 is 4.79 Å². The van der Waals surface area contributed by atoms with Crippen LogP contribution in [0.15, 0.2) is 54.6 Å². The van der Waals surface area contributed by atoms with Gasteiger partial charge in [-0.3, -0.25) is 4.79 Å². The summed E-state index contributed by atoms with van der Waals surface area (Å²) >= 11 is 12.9. The molecule has 0 aliphatic carbocycles. The standard InChI is InChI=1S/C16H9Cl2NOS/c17-12-8-6-10(7-9-12)14-13(16(18)20)15(21-19-14)11-4-2-1-3-5-11/h1-9H. The van der Waals surface area contributed by atoms with Crippen molar-refractivity contribution in [2.45, 2.75) is 0 Å². The van der Waals surface area contributed by atoms with Gasteiger partial charge < -0.3 is 0 Å². The summed E-state index contributed by atoms with van der Waals surface area (Å²) in [6, 6.07) is 16.8. The fourth-order valence-electron chi connectivity index (χ4n) is 2.06. The minimum Gasteiger partial charge on any atom is -0.275 e. The van der Waals surface area contributed by atoms with Gasteiger partial charge >= 0.3 is 0 Å². The molecule has 0 spiro atoms. The smallest absolute Gasteiger partial charge is 0.256 e. The minimum atomic E-state index is -0.507. The highest BCUT2D eigenvalue weighted by molar-refractivity contribution is 7.10. The first-order valence-electron chi connectivity index (χ1n) is 6.17. The van der Waals surface area contributed by atoms with E-state index >= 15 is 0 Å². The van der Waals surface area contributed by atoms with E-state index in [1.807, 2.05) is 42.5 Å². The molecular weight excluding hydrogens is 325 g/mol. The van der Waals surface area contributed by atoms with Crippen LogP contribution in [-0.2, 0) is 0 Å². The second kappa shape index (κ2) is 5.98. The second-order valence-corrected chi connectivity index (χ2v) is 5.94. The first-order valence-corrected chi connectivity index (χ1v) is 7.70. The maximum absolute atomic E-state index is 11.9. The summed E-state index contributed by atoms with van der Waals surface area (Å²) in [5, 5.41) is 0.128. The lowest BCUT2D eigenvalue weighted by atomic mass is 10.0. The Bertz CT molecular complexity index is 782. The van der Waals surface area contributed by atoms with Gasteiger partial charge in [0.05, 0.1) is 16.1 Å². The number of carbonyl (C=O) groups excluding carboxylic acids is 1. The third-order valence-corrected chi connectivity index (χ3v) is 4.38. The van der Waals surface area contributed by atoms with Crippen molar-refractivity contribution in [2.75, 3.05) is 0 Å². The van der Waals surface area contributed by atoms with Crippen LogP contribution < -0.4 is 0 Å². The maximum atomic E-state index is 11.9. The molecule has 0 fully saturated rings. The lowest BCUT2D eigenvalue weighted by Gasteiger charge is -2.02. The SMILES string of the molecule is O=C(Cl)c1c(-c2ccc(Cl)cc2)nsc1-c1ccccc1. The van der Waals surface area contributed by atoms with E-state index in [1.54, 1.807) is 12.1 Å². The zero-order valence-corrected chi connectivity index (χ0v) is 13.0. The molecule has 0 radical (unpaired) electrons. The predicted molar refractivity (Wildman–Crippen MR) is 88.2 cm³/mol. The average Bonchev–Trinajstić information content (AvgIpc) is 2.94. The molecule has 2 aromatic carbocycles. The van der Waals surface area contributed by atoms with Crippen molar-refractivity contribution >= 4 is 40.0 Å². The normalized spacial score (nSPS) is 10.6. The average molecular weight is 334 g/mol. The van der Waals surface area contributed by atoms with E-state index in [0.29, 0.717) is 16.3 Å². The Hall–Kier alpha value is -1.68. The molecule has 0 bridgehead atoms. The molecule has 104 valence electrons. The molecule has 0 aliphatic rings. The predicted octanol–water partition coefficient (Wildman–Crippen LogP) is 5.51. The van der Waals surface area contributed by atoms with E-state index in [0.717, 1.165) is 16.0 Å². The number of aromatic nitrogens is 1. The van der Waals surface area contributed by atoms with Gasteiger partial charge in [-0.2, -0.15) is 4.37 Å². The molecule has 0 aliphatic heterocycles. The quantitative estimate of drug-likeness (QED) is 0.591. The molecule has 0 atom stereocenters. The number of nitrogens with zero attached hydrogens (tertiary/aromatic N) is 1. The molecule has 0 amide bonds. The Morgan fingerprint density at radius 2 is 1.62 bits per heavy atom. The summed E-state index contributed by atoms with van der Waals surface area (Å²) in [6.45, 7) is 0. The van der Waals surface area contributed by atoms with Crippen LogP contribution >= 0.6 is 34.7 Å². The Labute approximate surface area is 136 Å². The topological polar surface area (TPSA) is 30.0 Å². The van der Waals surface area contributed by atoms with Crippen LogP contribution in [0, 0.1) is 0 Å². The Balaban J connectivity index is 2.17. The third-order valence-electron chi connectivity index (χ3n) is 3.04. The highest BCUT2D eigenvalue weighted by atomic mass is 35.5. The molecular formula is C16H9Cl2NOS. The van der Waals surface area contributed by atoms with Crippen LogP contribution in [0.1, 0.15) is 10.4 Å². The van der Waals surface area contributed by atoms with E-state index in [9.17, 15) is 4.79 Å². The summed E-state index contributed by atoms with van der Waals surface area (Å²) in [6.07, 6.45) is 0. The molecule has 2 nitrogen and oxygen atoms in total. The molecule has 1 aromatic heterocycles. The molecule has 3 aromatic rings. The van der Waals surface area contributed by atoms with E-state index < -0.39 is 5.24 Å². The van der Waals surface area contributed by atoms with Gasteiger partial charge in [-0.15, -0.1) is 0 Å². The van der Waals surface area contributed by atoms with Gasteiger partial charge in [-0.1, -0.05) is 54.1 Å². The van der Waals surface area contributed by atoms with E-state index in [4.69, 9.17) is 23.2 Å². The van der Waals surface area contributed by atoms with Crippen LogP contribution in [0.25, 0.3) is 21.7 Å². The second-order valence-electron chi connectivity index (χ2n) is 4.38. The maximum Gasteiger partial charge on any atom is 0.256 e. The fourth-order valence-corrected chi connectivity index (χ4v) is 3.33. The van der Waals surface area contributed by atoms with Crippen molar-refractivity contribution in [3.8, 4) is 21.7 Å². The number of hydrogen-bond donors (Lipinski definition) is 0. The minimum absolute atomic E-state index is 0.440. The van der Waals surface area contributed by atoms with Gasteiger partial charge in [-0.25, -0.2) is 0 Å². The van der Waals surface area contributed by atoms with Crippen molar-refractivity contribution in [1.82, 2.24) is 4.37 Å². The van der Waals surface area contributed by atoms with Crippen LogP contribution in [-0.4, -0.2) is 9.62 Å². The van der Waals surface area contributed by atoms with Crippen molar-refractivity contribution in [1.29, 1.82) is 0 Å². The molecule has 1 heterocycles. The lowest BCUT2D eigenvalue weighted by Crippen LogP contribution is -1.93. The Kier molecular flexibility index (Phi) is 4.06. The highest BCUT2D eigenvalue weighted by Crippen LogP contribution is 2.36. The highest BCUT2D eigenvalue weighted by Gasteiger charge is 2.21. The Morgan fingerprint density at radius 1 is 0.952 bits per heavy atom. The summed E-state index contributed by atoms with van der Waals surface area (Å²) in [5.74, 6) is 0. The summed E-state index contributed by atoms with van der Waals surface area (Å²) in [5.41, 5.74) is 2.78. The van der Waals surface area contributed by atoms with Gasteiger partial charge in [0.2, 0.25) is 0 Å². The monoisotopic (exact) mass is 333 g/mol. The van der Waals surface area contributed by atoms with E-state index in [2.05, 4.69) is 4.37 Å². The molecule has 0 unspecified atom stereocenters. The molecule has 0 N–H and O–H groups in total. The lowest BCUT2D eigenvalue weighted by molar-refractivity contribution is 0.108. The van der Waals surface area contributed by atoms with Crippen LogP contribution in [0.2, 0.25) is 5.02 Å². The molecule has 0 saturated heterocycles. The van der Waals surface area contributed by atoms with Crippen LogP contribution in [0.4, 0.5) is 0 Å². The van der Waals surface area contributed by atoms with Crippen molar-refractivity contribution in [2.24, 2.45) is 0 Å².